The summed E-state index contributed by atoms with van der Waals surface area (Å²) in [4.78, 5) is 2.45. The lowest BCUT2D eigenvalue weighted by Crippen LogP contribution is -2.31. The minimum Gasteiger partial charge on any atom is -0.368 e. The van der Waals surface area contributed by atoms with Crippen molar-refractivity contribution in [1.82, 2.24) is 5.32 Å². The van der Waals surface area contributed by atoms with Crippen LogP contribution in [-0.4, -0.2) is 19.1 Å². The molecule has 1 rings (SSSR count). The van der Waals surface area contributed by atoms with Crippen molar-refractivity contribution in [1.29, 1.82) is 0 Å². The molecule has 0 aromatic heterocycles. The van der Waals surface area contributed by atoms with Crippen molar-refractivity contribution >= 4 is 21.6 Å². The predicted molar refractivity (Wildman–Crippen MR) is 93.5 cm³/mol. The molecule has 1 N–H and O–H groups in total. The monoisotopic (exact) mass is 340 g/mol. The van der Waals surface area contributed by atoms with Gasteiger partial charge in [0.05, 0.1) is 5.69 Å². The van der Waals surface area contributed by atoms with Crippen LogP contribution in [0, 0.1) is 5.92 Å². The molecule has 20 heavy (non-hydrogen) atoms. The molecule has 0 fully saturated rings. The van der Waals surface area contributed by atoms with Gasteiger partial charge in [0.2, 0.25) is 0 Å². The van der Waals surface area contributed by atoms with Gasteiger partial charge in [0.15, 0.2) is 0 Å². The zero-order valence-corrected chi connectivity index (χ0v) is 15.1. The van der Waals surface area contributed by atoms with E-state index >= 15 is 0 Å². The van der Waals surface area contributed by atoms with E-state index in [1.165, 1.54) is 22.1 Å². The Morgan fingerprint density at radius 2 is 1.90 bits per heavy atom. The Labute approximate surface area is 133 Å². The zero-order chi connectivity index (χ0) is 15.1. The Morgan fingerprint density at radius 3 is 2.40 bits per heavy atom. The molecule has 114 valence electrons. The van der Waals surface area contributed by atoms with E-state index in [9.17, 15) is 0 Å². The summed E-state index contributed by atoms with van der Waals surface area (Å²) in [6, 6.07) is 7.24. The quantitative estimate of drug-likeness (QED) is 0.729. The highest BCUT2D eigenvalue weighted by atomic mass is 79.9. The van der Waals surface area contributed by atoms with E-state index in [4.69, 9.17) is 0 Å². The van der Waals surface area contributed by atoms with Crippen LogP contribution in [0.5, 0.6) is 0 Å². The number of rotatable bonds is 8. The van der Waals surface area contributed by atoms with E-state index in [0.717, 1.165) is 19.6 Å². The third-order valence-corrected chi connectivity index (χ3v) is 3.93. The summed E-state index contributed by atoms with van der Waals surface area (Å²) in [5, 5.41) is 3.49. The number of benzene rings is 1. The summed E-state index contributed by atoms with van der Waals surface area (Å²) in [6.07, 6.45) is 1.17. The smallest absolute Gasteiger partial charge is 0.0513 e. The minimum atomic E-state index is 0.524. The highest BCUT2D eigenvalue weighted by Gasteiger charge is 2.13. The molecule has 0 spiro atoms. The molecule has 0 bridgehead atoms. The standard InChI is InChI=1S/C17H29BrN2/c1-6-9-20(14(4)5)17-8-7-15(10-16(17)18)12-19-11-13(2)3/h7-8,10,13-14,19H,6,9,11-12H2,1-5H3. The van der Waals surface area contributed by atoms with Crippen LogP contribution in [0.3, 0.4) is 0 Å². The van der Waals surface area contributed by atoms with E-state index in [2.05, 4.69) is 79.0 Å². The van der Waals surface area contributed by atoms with Crippen LogP contribution in [0.4, 0.5) is 5.69 Å². The first-order valence-corrected chi connectivity index (χ1v) is 8.50. The largest absolute Gasteiger partial charge is 0.368 e. The van der Waals surface area contributed by atoms with E-state index in [1.54, 1.807) is 0 Å². The van der Waals surface area contributed by atoms with Crippen LogP contribution in [0.25, 0.3) is 0 Å². The molecule has 1 aromatic carbocycles. The molecule has 2 nitrogen and oxygen atoms in total. The molecule has 3 heteroatoms. The van der Waals surface area contributed by atoms with Gasteiger partial charge in [-0.25, -0.2) is 0 Å². The molecule has 0 saturated heterocycles. The SMILES string of the molecule is CCCN(c1ccc(CNCC(C)C)cc1Br)C(C)C. The number of hydrogen-bond donors (Lipinski definition) is 1. The van der Waals surface area contributed by atoms with Crippen molar-refractivity contribution < 1.29 is 0 Å². The van der Waals surface area contributed by atoms with E-state index in [-0.39, 0.29) is 0 Å². The Hall–Kier alpha value is -0.540. The average Bonchev–Trinajstić information content (AvgIpc) is 2.36. The van der Waals surface area contributed by atoms with Crippen molar-refractivity contribution in [3.63, 3.8) is 0 Å². The molecule has 0 aliphatic carbocycles. The van der Waals surface area contributed by atoms with Gasteiger partial charge in [0, 0.05) is 23.6 Å². The first-order valence-electron chi connectivity index (χ1n) is 7.71. The fourth-order valence-corrected chi connectivity index (χ4v) is 2.95. The molecule has 1 aromatic rings. The van der Waals surface area contributed by atoms with E-state index < -0.39 is 0 Å². The minimum absolute atomic E-state index is 0.524. The second-order valence-corrected chi connectivity index (χ2v) is 6.95. The normalized spacial score (nSPS) is 11.4. The molecular formula is C17H29BrN2. The van der Waals surface area contributed by atoms with Crippen molar-refractivity contribution in [2.75, 3.05) is 18.0 Å². The summed E-state index contributed by atoms with van der Waals surface area (Å²) in [6.45, 7) is 14.3. The number of anilines is 1. The maximum absolute atomic E-state index is 3.74. The third kappa shape index (κ3) is 5.45. The molecule has 0 radical (unpaired) electrons. The van der Waals surface area contributed by atoms with Gasteiger partial charge >= 0.3 is 0 Å². The molecule has 0 atom stereocenters. The van der Waals surface area contributed by atoms with E-state index in [1.807, 2.05) is 0 Å². The van der Waals surface area contributed by atoms with Gasteiger partial charge in [0.25, 0.3) is 0 Å². The summed E-state index contributed by atoms with van der Waals surface area (Å²) >= 11 is 3.74. The van der Waals surface area contributed by atoms with Crippen LogP contribution in [0.1, 0.15) is 46.6 Å². The van der Waals surface area contributed by atoms with Gasteiger partial charge in [-0.15, -0.1) is 0 Å². The second kappa shape index (κ2) is 8.68. The van der Waals surface area contributed by atoms with Crippen LogP contribution >= 0.6 is 15.9 Å². The lowest BCUT2D eigenvalue weighted by atomic mass is 10.1. The van der Waals surface area contributed by atoms with Crippen molar-refractivity contribution in [2.45, 2.75) is 53.6 Å². The number of halogens is 1. The molecule has 0 heterocycles. The van der Waals surface area contributed by atoms with Crippen molar-refractivity contribution in [3.8, 4) is 0 Å². The zero-order valence-electron chi connectivity index (χ0n) is 13.5. The molecule has 0 aliphatic heterocycles. The topological polar surface area (TPSA) is 15.3 Å². The molecule has 0 aliphatic rings. The number of hydrogen-bond acceptors (Lipinski definition) is 2. The third-order valence-electron chi connectivity index (χ3n) is 3.29. The lowest BCUT2D eigenvalue weighted by Gasteiger charge is -2.30. The van der Waals surface area contributed by atoms with Gasteiger partial charge in [0.1, 0.15) is 0 Å². The Balaban J connectivity index is 2.76. The van der Waals surface area contributed by atoms with Crippen molar-refractivity contribution in [2.24, 2.45) is 5.92 Å². The van der Waals surface area contributed by atoms with Crippen molar-refractivity contribution in [3.05, 3.63) is 28.2 Å². The van der Waals surface area contributed by atoms with Gasteiger partial charge in [-0.05, 0) is 66.4 Å². The fourth-order valence-electron chi connectivity index (χ4n) is 2.30. The maximum atomic E-state index is 3.74. The molecule has 0 unspecified atom stereocenters. The van der Waals surface area contributed by atoms with Gasteiger partial charge in [-0.1, -0.05) is 26.8 Å². The lowest BCUT2D eigenvalue weighted by molar-refractivity contribution is 0.552. The highest BCUT2D eigenvalue weighted by molar-refractivity contribution is 9.10. The Bertz CT molecular complexity index is 402. The Kier molecular flexibility index (Phi) is 7.60. The van der Waals surface area contributed by atoms with Crippen LogP contribution in [0.15, 0.2) is 22.7 Å². The predicted octanol–water partition coefficient (Wildman–Crippen LogP) is 4.82. The van der Waals surface area contributed by atoms with Crippen LogP contribution in [-0.2, 0) is 6.54 Å². The first-order chi connectivity index (χ1) is 9.45. The second-order valence-electron chi connectivity index (χ2n) is 6.10. The van der Waals surface area contributed by atoms with Crippen LogP contribution in [0.2, 0.25) is 0 Å². The van der Waals surface area contributed by atoms with Crippen LogP contribution < -0.4 is 10.2 Å². The van der Waals surface area contributed by atoms with Gasteiger partial charge < -0.3 is 10.2 Å². The highest BCUT2D eigenvalue weighted by Crippen LogP contribution is 2.29. The summed E-state index contributed by atoms with van der Waals surface area (Å²) in [5.74, 6) is 0.693. The van der Waals surface area contributed by atoms with Gasteiger partial charge in [-0.2, -0.15) is 0 Å². The summed E-state index contributed by atoms with van der Waals surface area (Å²) in [7, 11) is 0. The van der Waals surface area contributed by atoms with Gasteiger partial charge in [-0.3, -0.25) is 0 Å². The summed E-state index contributed by atoms with van der Waals surface area (Å²) < 4.78 is 1.20. The Morgan fingerprint density at radius 1 is 1.20 bits per heavy atom. The number of nitrogens with one attached hydrogen (secondary N) is 1. The number of nitrogens with zero attached hydrogens (tertiary/aromatic N) is 1. The molecule has 0 amide bonds. The fraction of sp³-hybridized carbons (Fsp3) is 0.647. The summed E-state index contributed by atoms with van der Waals surface area (Å²) in [5.41, 5.74) is 2.64. The van der Waals surface area contributed by atoms with E-state index in [0.29, 0.717) is 12.0 Å². The molecule has 0 saturated carbocycles. The maximum Gasteiger partial charge on any atom is 0.0513 e. The molecular weight excluding hydrogens is 312 g/mol. The first kappa shape index (κ1) is 17.5. The average molecular weight is 341 g/mol.